The molecule has 0 aliphatic heterocycles. The Morgan fingerprint density at radius 3 is 1.49 bits per heavy atom. The molecule has 2 atom stereocenters. The number of esters is 2. The molecule has 0 aromatic heterocycles. The zero-order chi connectivity index (χ0) is 40.7. The molecule has 0 saturated heterocycles. The summed E-state index contributed by atoms with van der Waals surface area (Å²) in [6.07, 6.45) is 40.5. The smallest absolute Gasteiger partial charge is 0.306 e. The van der Waals surface area contributed by atoms with Crippen LogP contribution in [-0.2, 0) is 32.7 Å². The molecule has 0 aromatic carbocycles. The fourth-order valence-electron chi connectivity index (χ4n) is 6.14. The Labute approximate surface area is 339 Å². The summed E-state index contributed by atoms with van der Waals surface area (Å²) < 4.78 is 33.9. The first-order valence-electron chi connectivity index (χ1n) is 22.5. The van der Waals surface area contributed by atoms with E-state index in [2.05, 4.69) is 38.2 Å². The average molecular weight is 800 g/mol. The summed E-state index contributed by atoms with van der Waals surface area (Å²) in [4.78, 5) is 37.5. The van der Waals surface area contributed by atoms with Crippen LogP contribution in [-0.4, -0.2) is 70.0 Å². The van der Waals surface area contributed by atoms with Gasteiger partial charge >= 0.3 is 11.9 Å². The number of phosphoric acid groups is 1. The van der Waals surface area contributed by atoms with Gasteiger partial charge in [0.2, 0.25) is 0 Å². The number of phosphoric ester groups is 1. The van der Waals surface area contributed by atoms with Gasteiger partial charge in [0.15, 0.2) is 6.10 Å². The van der Waals surface area contributed by atoms with E-state index >= 15 is 0 Å². The molecule has 1 unspecified atom stereocenters. The van der Waals surface area contributed by atoms with Crippen molar-refractivity contribution in [2.24, 2.45) is 0 Å². The number of nitrogens with zero attached hydrogens (tertiary/aromatic N) is 1. The first-order chi connectivity index (χ1) is 26.5. The van der Waals surface area contributed by atoms with Gasteiger partial charge in [-0.2, -0.15) is 0 Å². The summed E-state index contributed by atoms with van der Waals surface area (Å²) in [7, 11) is 1.16. The molecule has 0 fully saturated rings. The van der Waals surface area contributed by atoms with E-state index in [1.165, 1.54) is 103 Å². The quantitative estimate of drug-likeness (QED) is 0.0198. The lowest BCUT2D eigenvalue weighted by molar-refractivity contribution is -0.870. The number of unbranched alkanes of at least 4 members (excludes halogenated alkanes) is 23. The van der Waals surface area contributed by atoms with Gasteiger partial charge < -0.3 is 27.9 Å². The standard InChI is InChI=1S/C45H86NO8P/c1-6-8-10-12-14-16-18-20-22-23-24-26-28-30-32-34-36-38-45(48)54-43(42-53-55(49,50)52-40-39-46(3,4)5)41-51-44(47)37-35-33-31-29-27-25-21-19-17-15-13-11-9-7-2/h13,15,19,21,43H,6-12,14,16-18,20,22-42H2,1-5H3/b15-13+,21-19+/t43-/m1/s1. The fourth-order valence-corrected chi connectivity index (χ4v) is 6.87. The number of allylic oxidation sites excluding steroid dienone is 4. The first kappa shape index (κ1) is 53.5. The van der Waals surface area contributed by atoms with Gasteiger partial charge in [-0.05, 0) is 38.5 Å². The van der Waals surface area contributed by atoms with Crippen molar-refractivity contribution in [1.82, 2.24) is 0 Å². The number of carbonyl (C=O) groups excluding carboxylic acids is 2. The lowest BCUT2D eigenvalue weighted by Crippen LogP contribution is -2.37. The van der Waals surface area contributed by atoms with Crippen LogP contribution in [0.1, 0.15) is 200 Å². The normalized spacial score (nSPS) is 13.8. The molecule has 0 N–H and O–H groups in total. The van der Waals surface area contributed by atoms with Crippen molar-refractivity contribution >= 4 is 19.8 Å². The third kappa shape index (κ3) is 41.9. The van der Waals surface area contributed by atoms with Crippen LogP contribution in [0.2, 0.25) is 0 Å². The molecule has 0 radical (unpaired) electrons. The van der Waals surface area contributed by atoms with E-state index in [1.54, 1.807) is 0 Å². The maximum atomic E-state index is 12.7. The zero-order valence-electron chi connectivity index (χ0n) is 36.4. The van der Waals surface area contributed by atoms with E-state index in [4.69, 9.17) is 18.5 Å². The Kier molecular flexibility index (Phi) is 37.0. The van der Waals surface area contributed by atoms with Crippen molar-refractivity contribution in [3.63, 3.8) is 0 Å². The molecule has 9 nitrogen and oxygen atoms in total. The van der Waals surface area contributed by atoms with Gasteiger partial charge in [-0.1, -0.05) is 173 Å². The summed E-state index contributed by atoms with van der Waals surface area (Å²) in [5, 5.41) is 0. The molecule has 0 rings (SSSR count). The minimum atomic E-state index is -4.62. The van der Waals surface area contributed by atoms with Crippen LogP contribution in [0, 0.1) is 0 Å². The summed E-state index contributed by atoms with van der Waals surface area (Å²) in [5.74, 6) is -0.843. The Morgan fingerprint density at radius 2 is 1.00 bits per heavy atom. The number of likely N-dealkylation sites (N-methyl/N-ethyl adjacent to an activating group) is 1. The SMILES string of the molecule is CCCC/C=C/C/C=C/CCCCCCCC(=O)OC[C@H](COP(=O)([O-])OCC[N+](C)(C)C)OC(=O)CCCCCCCCCCCCCCCCCCC. The molecular weight excluding hydrogens is 713 g/mol. The van der Waals surface area contributed by atoms with E-state index in [9.17, 15) is 19.0 Å². The molecule has 0 aromatic rings. The van der Waals surface area contributed by atoms with Gasteiger partial charge in [-0.3, -0.25) is 14.2 Å². The molecule has 324 valence electrons. The summed E-state index contributed by atoms with van der Waals surface area (Å²) in [6.45, 7) is 4.19. The predicted molar refractivity (Wildman–Crippen MR) is 227 cm³/mol. The van der Waals surface area contributed by atoms with Crippen LogP contribution in [0.5, 0.6) is 0 Å². The van der Waals surface area contributed by atoms with Gasteiger partial charge in [0, 0.05) is 12.8 Å². The monoisotopic (exact) mass is 800 g/mol. The molecule has 0 bridgehead atoms. The van der Waals surface area contributed by atoms with Gasteiger partial charge in [-0.15, -0.1) is 0 Å². The van der Waals surface area contributed by atoms with E-state index in [-0.39, 0.29) is 26.1 Å². The van der Waals surface area contributed by atoms with Crippen molar-refractivity contribution < 1.29 is 42.1 Å². The van der Waals surface area contributed by atoms with E-state index < -0.39 is 32.5 Å². The van der Waals surface area contributed by atoms with Crippen LogP contribution in [0.4, 0.5) is 0 Å². The Morgan fingerprint density at radius 1 is 0.564 bits per heavy atom. The van der Waals surface area contributed by atoms with Gasteiger partial charge in [0.25, 0.3) is 7.82 Å². The summed E-state index contributed by atoms with van der Waals surface area (Å²) >= 11 is 0. The second-order valence-electron chi connectivity index (χ2n) is 16.4. The van der Waals surface area contributed by atoms with Gasteiger partial charge in [-0.25, -0.2) is 0 Å². The molecule has 0 spiro atoms. The molecule has 55 heavy (non-hydrogen) atoms. The van der Waals surface area contributed by atoms with Crippen LogP contribution < -0.4 is 4.89 Å². The summed E-state index contributed by atoms with van der Waals surface area (Å²) in [6, 6.07) is 0. The van der Waals surface area contributed by atoms with Crippen molar-refractivity contribution in [2.75, 3.05) is 47.5 Å². The Bertz CT molecular complexity index is 996. The fraction of sp³-hybridized carbons (Fsp3) is 0.867. The van der Waals surface area contributed by atoms with Gasteiger partial charge in [0.05, 0.1) is 27.7 Å². The predicted octanol–water partition coefficient (Wildman–Crippen LogP) is 12.1. The number of rotatable bonds is 41. The van der Waals surface area contributed by atoms with E-state index in [0.717, 1.165) is 57.8 Å². The van der Waals surface area contributed by atoms with Gasteiger partial charge in [0.1, 0.15) is 19.8 Å². The molecular formula is C45H86NO8P. The highest BCUT2D eigenvalue weighted by Crippen LogP contribution is 2.38. The third-order valence-electron chi connectivity index (χ3n) is 9.72. The summed E-state index contributed by atoms with van der Waals surface area (Å²) in [5.41, 5.74) is 0. The maximum Gasteiger partial charge on any atom is 0.306 e. The minimum absolute atomic E-state index is 0.0312. The van der Waals surface area contributed by atoms with Crippen molar-refractivity contribution in [1.29, 1.82) is 0 Å². The van der Waals surface area contributed by atoms with Crippen LogP contribution >= 0.6 is 7.82 Å². The Balaban J connectivity index is 4.33. The van der Waals surface area contributed by atoms with Crippen molar-refractivity contribution in [2.45, 2.75) is 206 Å². The third-order valence-corrected chi connectivity index (χ3v) is 10.7. The van der Waals surface area contributed by atoms with E-state index in [1.807, 2.05) is 21.1 Å². The van der Waals surface area contributed by atoms with Crippen molar-refractivity contribution in [3.8, 4) is 0 Å². The topological polar surface area (TPSA) is 111 Å². The second kappa shape index (κ2) is 38.0. The minimum Gasteiger partial charge on any atom is -0.756 e. The molecule has 10 heteroatoms. The number of quaternary nitrogens is 1. The molecule has 0 saturated carbocycles. The number of hydrogen-bond acceptors (Lipinski definition) is 8. The maximum absolute atomic E-state index is 12.7. The van der Waals surface area contributed by atoms with E-state index in [0.29, 0.717) is 23.9 Å². The lowest BCUT2D eigenvalue weighted by atomic mass is 10.0. The number of hydrogen-bond donors (Lipinski definition) is 0. The number of carbonyl (C=O) groups is 2. The highest BCUT2D eigenvalue weighted by atomic mass is 31.2. The van der Waals surface area contributed by atoms with Crippen LogP contribution in [0.25, 0.3) is 0 Å². The highest BCUT2D eigenvalue weighted by Gasteiger charge is 2.21. The Hall–Kier alpha value is -1.51. The molecule has 0 aliphatic carbocycles. The van der Waals surface area contributed by atoms with Crippen LogP contribution in [0.15, 0.2) is 24.3 Å². The molecule has 0 aliphatic rings. The number of ether oxygens (including phenoxy) is 2. The lowest BCUT2D eigenvalue weighted by Gasteiger charge is -2.28. The first-order valence-corrected chi connectivity index (χ1v) is 24.0. The average Bonchev–Trinajstić information content (AvgIpc) is 3.13. The largest absolute Gasteiger partial charge is 0.756 e. The van der Waals surface area contributed by atoms with Crippen LogP contribution in [0.3, 0.4) is 0 Å². The molecule has 0 heterocycles. The zero-order valence-corrected chi connectivity index (χ0v) is 37.3. The molecule has 0 amide bonds. The highest BCUT2D eigenvalue weighted by molar-refractivity contribution is 7.45. The second-order valence-corrected chi connectivity index (χ2v) is 17.8. The van der Waals surface area contributed by atoms with Crippen molar-refractivity contribution in [3.05, 3.63) is 24.3 Å².